The molecular weight excluding hydrogens is 386 g/mol. The molecule has 0 unspecified atom stereocenters. The van der Waals surface area contributed by atoms with Crippen molar-refractivity contribution in [2.24, 2.45) is 0 Å². The van der Waals surface area contributed by atoms with E-state index in [1.54, 1.807) is 29.2 Å². The number of piperazine rings is 1. The van der Waals surface area contributed by atoms with Crippen molar-refractivity contribution in [3.63, 3.8) is 0 Å². The first kappa shape index (κ1) is 22.0. The van der Waals surface area contributed by atoms with E-state index < -0.39 is 17.8 Å². The second-order valence-electron chi connectivity index (χ2n) is 6.32. The summed E-state index contributed by atoms with van der Waals surface area (Å²) in [6.07, 6.45) is 0. The van der Waals surface area contributed by atoms with E-state index >= 15 is 0 Å². The minimum atomic E-state index is -1.82. The van der Waals surface area contributed by atoms with Crippen molar-refractivity contribution in [3.8, 4) is 0 Å². The zero-order valence-corrected chi connectivity index (χ0v) is 15.4. The number of halogens is 2. The second-order valence-corrected chi connectivity index (χ2v) is 6.32. The summed E-state index contributed by atoms with van der Waals surface area (Å²) in [6.45, 7) is 3.45. The predicted molar refractivity (Wildman–Crippen MR) is 99.3 cm³/mol. The smallest absolute Gasteiger partial charge is 0.414 e. The Kier molecular flexibility index (Phi) is 7.79. The largest absolute Gasteiger partial charge is 0.473 e. The van der Waals surface area contributed by atoms with Crippen molar-refractivity contribution < 1.29 is 33.4 Å². The Bertz CT molecular complexity index is 853. The third kappa shape index (κ3) is 6.96. The Labute approximate surface area is 165 Å². The van der Waals surface area contributed by atoms with Gasteiger partial charge in [0, 0.05) is 38.3 Å². The Morgan fingerprint density at radius 2 is 1.41 bits per heavy atom. The predicted octanol–water partition coefficient (Wildman–Crippen LogP) is 2.08. The molecule has 2 N–H and O–H groups in total. The summed E-state index contributed by atoms with van der Waals surface area (Å²) in [5.41, 5.74) is 1.44. The number of aliphatic carboxylic acids is 2. The van der Waals surface area contributed by atoms with Crippen LogP contribution in [0.2, 0.25) is 0 Å². The highest BCUT2D eigenvalue weighted by Gasteiger charge is 2.22. The van der Waals surface area contributed by atoms with E-state index in [1.165, 1.54) is 24.3 Å². The topological polar surface area (TPSA) is 98.1 Å². The molecule has 1 aliphatic rings. The van der Waals surface area contributed by atoms with E-state index in [1.807, 2.05) is 0 Å². The fourth-order valence-corrected chi connectivity index (χ4v) is 2.76. The van der Waals surface area contributed by atoms with Gasteiger partial charge in [-0.3, -0.25) is 9.69 Å². The summed E-state index contributed by atoms with van der Waals surface area (Å²) in [5, 5.41) is 14.8. The van der Waals surface area contributed by atoms with Crippen molar-refractivity contribution in [2.45, 2.75) is 6.54 Å². The van der Waals surface area contributed by atoms with E-state index in [2.05, 4.69) is 4.90 Å². The van der Waals surface area contributed by atoms with Crippen molar-refractivity contribution in [1.82, 2.24) is 9.80 Å². The summed E-state index contributed by atoms with van der Waals surface area (Å²) in [5.74, 6) is -4.42. The van der Waals surface area contributed by atoms with Crippen molar-refractivity contribution in [2.75, 3.05) is 26.2 Å². The lowest BCUT2D eigenvalue weighted by atomic mass is 10.1. The molecule has 2 aromatic rings. The van der Waals surface area contributed by atoms with Crippen LogP contribution in [0, 0.1) is 11.6 Å². The lowest BCUT2D eigenvalue weighted by Gasteiger charge is -2.34. The standard InChI is InChI=1S/C18H18F2N2O.C2H2O4/c19-16-6-4-14(5-7-16)13-21-8-10-22(11-9-21)18(23)15-2-1-3-17(20)12-15;3-1(4)2(5)6/h1-7,12H,8-11,13H2;(H,3,4)(H,5,6). The summed E-state index contributed by atoms with van der Waals surface area (Å²) < 4.78 is 26.1. The van der Waals surface area contributed by atoms with Crippen LogP contribution in [0.15, 0.2) is 48.5 Å². The van der Waals surface area contributed by atoms with Crippen LogP contribution >= 0.6 is 0 Å². The van der Waals surface area contributed by atoms with Crippen molar-refractivity contribution in [1.29, 1.82) is 0 Å². The molecule has 1 aliphatic heterocycles. The highest BCUT2D eigenvalue weighted by Crippen LogP contribution is 2.13. The first-order chi connectivity index (χ1) is 13.8. The number of carbonyl (C=O) groups excluding carboxylic acids is 1. The molecule has 0 atom stereocenters. The van der Waals surface area contributed by atoms with Crippen molar-refractivity contribution >= 4 is 17.8 Å². The van der Waals surface area contributed by atoms with Crippen LogP contribution in [0.1, 0.15) is 15.9 Å². The van der Waals surface area contributed by atoms with Gasteiger partial charge in [-0.05, 0) is 35.9 Å². The van der Waals surface area contributed by atoms with E-state index in [0.29, 0.717) is 18.7 Å². The molecule has 1 fully saturated rings. The zero-order valence-electron chi connectivity index (χ0n) is 15.4. The molecule has 2 aromatic carbocycles. The van der Waals surface area contributed by atoms with Crippen molar-refractivity contribution in [3.05, 3.63) is 71.3 Å². The molecule has 154 valence electrons. The average Bonchev–Trinajstić information content (AvgIpc) is 2.70. The summed E-state index contributed by atoms with van der Waals surface area (Å²) in [4.78, 5) is 34.5. The molecule has 3 rings (SSSR count). The molecule has 29 heavy (non-hydrogen) atoms. The fourth-order valence-electron chi connectivity index (χ4n) is 2.76. The highest BCUT2D eigenvalue weighted by atomic mass is 19.1. The number of hydrogen-bond donors (Lipinski definition) is 2. The molecule has 0 bridgehead atoms. The maximum Gasteiger partial charge on any atom is 0.414 e. The number of carbonyl (C=O) groups is 3. The number of rotatable bonds is 3. The molecule has 0 aromatic heterocycles. The zero-order chi connectivity index (χ0) is 21.4. The second kappa shape index (κ2) is 10.3. The monoisotopic (exact) mass is 406 g/mol. The lowest BCUT2D eigenvalue weighted by Crippen LogP contribution is -2.48. The Hall–Kier alpha value is -3.33. The first-order valence-electron chi connectivity index (χ1n) is 8.74. The summed E-state index contributed by atoms with van der Waals surface area (Å²) in [7, 11) is 0. The molecule has 0 radical (unpaired) electrons. The SMILES string of the molecule is O=C(O)C(=O)O.O=C(c1cccc(F)c1)N1CCN(Cc2ccc(F)cc2)CC1. The molecule has 7 nitrogen and oxygen atoms in total. The van der Waals surface area contributed by atoms with Gasteiger partial charge in [0.05, 0.1) is 0 Å². The Morgan fingerprint density at radius 3 is 1.93 bits per heavy atom. The number of carboxylic acids is 2. The van der Waals surface area contributed by atoms with E-state index in [-0.39, 0.29) is 11.7 Å². The first-order valence-corrected chi connectivity index (χ1v) is 8.74. The Balaban J connectivity index is 0.000000438. The minimum Gasteiger partial charge on any atom is -0.473 e. The number of nitrogens with zero attached hydrogens (tertiary/aromatic N) is 2. The maximum absolute atomic E-state index is 13.2. The third-order valence-corrected chi connectivity index (χ3v) is 4.23. The lowest BCUT2D eigenvalue weighted by molar-refractivity contribution is -0.159. The average molecular weight is 406 g/mol. The van der Waals surface area contributed by atoms with Gasteiger partial charge in [-0.25, -0.2) is 18.4 Å². The number of benzene rings is 2. The van der Waals surface area contributed by atoms with Gasteiger partial charge in [0.15, 0.2) is 0 Å². The van der Waals surface area contributed by atoms with Gasteiger partial charge in [-0.1, -0.05) is 18.2 Å². The molecular formula is C20H20F2N2O5. The maximum atomic E-state index is 13.2. The molecule has 0 saturated carbocycles. The number of amides is 1. The van der Waals surface area contributed by atoms with E-state index in [9.17, 15) is 13.6 Å². The quantitative estimate of drug-likeness (QED) is 0.758. The van der Waals surface area contributed by atoms with Crippen LogP contribution in [-0.2, 0) is 16.1 Å². The van der Waals surface area contributed by atoms with Crippen LogP contribution in [-0.4, -0.2) is 64.0 Å². The molecule has 1 heterocycles. The van der Waals surface area contributed by atoms with Crippen LogP contribution in [0.3, 0.4) is 0 Å². The summed E-state index contributed by atoms with van der Waals surface area (Å²) in [6, 6.07) is 12.3. The molecule has 0 spiro atoms. The normalized spacial score (nSPS) is 13.9. The number of carboxylic acid groups (broad SMARTS) is 2. The summed E-state index contributed by atoms with van der Waals surface area (Å²) >= 11 is 0. The van der Waals surface area contributed by atoms with Gasteiger partial charge < -0.3 is 15.1 Å². The number of hydrogen-bond acceptors (Lipinski definition) is 4. The van der Waals surface area contributed by atoms with Gasteiger partial charge in [0.1, 0.15) is 11.6 Å². The molecule has 1 amide bonds. The van der Waals surface area contributed by atoms with Gasteiger partial charge in [-0.15, -0.1) is 0 Å². The molecule has 9 heteroatoms. The Morgan fingerprint density at radius 1 is 0.828 bits per heavy atom. The molecule has 0 aliphatic carbocycles. The third-order valence-electron chi connectivity index (χ3n) is 4.23. The van der Waals surface area contributed by atoms with Crippen LogP contribution in [0.4, 0.5) is 8.78 Å². The molecule has 1 saturated heterocycles. The van der Waals surface area contributed by atoms with Crippen LogP contribution in [0.25, 0.3) is 0 Å². The van der Waals surface area contributed by atoms with Crippen LogP contribution in [0.5, 0.6) is 0 Å². The van der Waals surface area contributed by atoms with E-state index in [4.69, 9.17) is 19.8 Å². The fraction of sp³-hybridized carbons (Fsp3) is 0.250. The van der Waals surface area contributed by atoms with Gasteiger partial charge in [0.2, 0.25) is 0 Å². The van der Waals surface area contributed by atoms with Gasteiger partial charge in [-0.2, -0.15) is 0 Å². The van der Waals surface area contributed by atoms with Crippen LogP contribution < -0.4 is 0 Å². The van der Waals surface area contributed by atoms with Gasteiger partial charge in [0.25, 0.3) is 5.91 Å². The van der Waals surface area contributed by atoms with E-state index in [0.717, 1.165) is 25.2 Å². The minimum absolute atomic E-state index is 0.133. The van der Waals surface area contributed by atoms with Gasteiger partial charge >= 0.3 is 11.9 Å². The highest BCUT2D eigenvalue weighted by molar-refractivity contribution is 6.27.